The summed E-state index contributed by atoms with van der Waals surface area (Å²) in [5, 5.41) is 17.6. The third-order valence-corrected chi connectivity index (χ3v) is 3.99. The number of esters is 2. The zero-order valence-corrected chi connectivity index (χ0v) is 10.1. The van der Waals surface area contributed by atoms with Gasteiger partial charge in [-0.2, -0.15) is 0 Å². The fourth-order valence-electron chi connectivity index (χ4n) is 2.41. The Hall–Kier alpha value is -1.92. The number of ether oxygens (including phenoxy) is 1. The zero-order chi connectivity index (χ0) is 14.2. The summed E-state index contributed by atoms with van der Waals surface area (Å²) in [4.78, 5) is 44.7. The molecule has 0 heterocycles. The van der Waals surface area contributed by atoms with Gasteiger partial charge >= 0.3 is 23.9 Å². The predicted octanol–water partition coefficient (Wildman–Crippen LogP) is 0.278. The SMILES string of the molecule is O=C(O)C1CCC1C(=O)OC(=O)[C@@H]1CC[C@@H]1C(=O)O. The van der Waals surface area contributed by atoms with Crippen molar-refractivity contribution in [3.05, 3.63) is 0 Å². The molecule has 2 rings (SSSR count). The summed E-state index contributed by atoms with van der Waals surface area (Å²) in [5.74, 6) is -7.01. The Morgan fingerprint density at radius 3 is 1.21 bits per heavy atom. The van der Waals surface area contributed by atoms with E-state index >= 15 is 0 Å². The molecular formula is C12H14O7. The van der Waals surface area contributed by atoms with Crippen LogP contribution in [0.25, 0.3) is 0 Å². The Morgan fingerprint density at radius 1 is 0.684 bits per heavy atom. The first-order valence-electron chi connectivity index (χ1n) is 6.13. The van der Waals surface area contributed by atoms with E-state index in [9.17, 15) is 19.2 Å². The van der Waals surface area contributed by atoms with Crippen molar-refractivity contribution in [2.45, 2.75) is 25.7 Å². The second kappa shape index (κ2) is 4.99. The van der Waals surface area contributed by atoms with Gasteiger partial charge in [0.25, 0.3) is 0 Å². The van der Waals surface area contributed by atoms with Crippen LogP contribution in [0.2, 0.25) is 0 Å². The van der Waals surface area contributed by atoms with Crippen molar-refractivity contribution < 1.29 is 34.1 Å². The molecule has 19 heavy (non-hydrogen) atoms. The molecule has 7 nitrogen and oxygen atoms in total. The van der Waals surface area contributed by atoms with E-state index in [0.29, 0.717) is 25.7 Å². The van der Waals surface area contributed by atoms with E-state index in [-0.39, 0.29) is 0 Å². The molecule has 0 radical (unpaired) electrons. The average Bonchev–Trinajstić information content (AvgIpc) is 2.09. The number of hydrogen-bond acceptors (Lipinski definition) is 5. The van der Waals surface area contributed by atoms with Gasteiger partial charge in [-0.05, 0) is 25.7 Å². The van der Waals surface area contributed by atoms with Crippen LogP contribution in [0.5, 0.6) is 0 Å². The maximum atomic E-state index is 11.6. The molecule has 0 amide bonds. The normalized spacial score (nSPS) is 32.6. The molecule has 0 aromatic carbocycles. The lowest BCUT2D eigenvalue weighted by atomic mass is 9.73. The van der Waals surface area contributed by atoms with Gasteiger partial charge in [-0.1, -0.05) is 0 Å². The van der Waals surface area contributed by atoms with E-state index < -0.39 is 47.5 Å². The van der Waals surface area contributed by atoms with E-state index in [1.54, 1.807) is 0 Å². The highest BCUT2D eigenvalue weighted by molar-refractivity contribution is 5.93. The summed E-state index contributed by atoms with van der Waals surface area (Å²) in [5.41, 5.74) is 0. The molecule has 2 fully saturated rings. The van der Waals surface area contributed by atoms with Crippen LogP contribution in [0.15, 0.2) is 0 Å². The molecule has 2 saturated carbocycles. The van der Waals surface area contributed by atoms with Gasteiger partial charge in [0.05, 0.1) is 23.7 Å². The van der Waals surface area contributed by atoms with Crippen molar-refractivity contribution in [1.29, 1.82) is 0 Å². The Labute approximate surface area is 108 Å². The highest BCUT2D eigenvalue weighted by Crippen LogP contribution is 2.38. The van der Waals surface area contributed by atoms with E-state index in [2.05, 4.69) is 4.74 Å². The summed E-state index contributed by atoms with van der Waals surface area (Å²) in [7, 11) is 0. The molecule has 2 N–H and O–H groups in total. The first-order chi connectivity index (χ1) is 8.91. The van der Waals surface area contributed by atoms with Gasteiger partial charge in [-0.3, -0.25) is 19.2 Å². The van der Waals surface area contributed by atoms with Crippen LogP contribution in [0.3, 0.4) is 0 Å². The summed E-state index contributed by atoms with van der Waals surface area (Å²) in [6, 6.07) is 0. The number of hydrogen-bond donors (Lipinski definition) is 2. The minimum atomic E-state index is -1.08. The molecule has 7 heteroatoms. The molecule has 0 spiro atoms. The van der Waals surface area contributed by atoms with Crippen molar-refractivity contribution in [2.75, 3.05) is 0 Å². The minimum Gasteiger partial charge on any atom is -0.481 e. The molecule has 104 valence electrons. The molecule has 0 bridgehead atoms. The number of rotatable bonds is 4. The maximum Gasteiger partial charge on any atom is 0.317 e. The van der Waals surface area contributed by atoms with Crippen LogP contribution in [0.1, 0.15) is 25.7 Å². The van der Waals surface area contributed by atoms with E-state index in [1.807, 2.05) is 0 Å². The van der Waals surface area contributed by atoms with Crippen LogP contribution in [0.4, 0.5) is 0 Å². The van der Waals surface area contributed by atoms with Gasteiger partial charge < -0.3 is 14.9 Å². The Kier molecular flexibility index (Phi) is 3.55. The number of carbonyl (C=O) groups excluding carboxylic acids is 2. The van der Waals surface area contributed by atoms with Gasteiger partial charge in [0.15, 0.2) is 0 Å². The van der Waals surface area contributed by atoms with Crippen LogP contribution in [0, 0.1) is 23.7 Å². The molecule has 2 aliphatic rings. The van der Waals surface area contributed by atoms with Crippen molar-refractivity contribution in [2.24, 2.45) is 23.7 Å². The third-order valence-electron chi connectivity index (χ3n) is 3.99. The summed E-state index contributed by atoms with van der Waals surface area (Å²) >= 11 is 0. The first kappa shape index (κ1) is 13.5. The summed E-state index contributed by atoms with van der Waals surface area (Å²) in [6.45, 7) is 0. The Morgan fingerprint density at radius 2 is 1.00 bits per heavy atom. The van der Waals surface area contributed by atoms with Crippen LogP contribution < -0.4 is 0 Å². The molecule has 0 aromatic rings. The molecule has 0 aliphatic heterocycles. The van der Waals surface area contributed by atoms with Crippen LogP contribution in [-0.2, 0) is 23.9 Å². The largest absolute Gasteiger partial charge is 0.481 e. The molecule has 0 aromatic heterocycles. The van der Waals surface area contributed by atoms with E-state index in [0.717, 1.165) is 0 Å². The fraction of sp³-hybridized carbons (Fsp3) is 0.667. The second-order valence-corrected chi connectivity index (χ2v) is 5.00. The predicted molar refractivity (Wildman–Crippen MR) is 58.8 cm³/mol. The van der Waals surface area contributed by atoms with Crippen LogP contribution in [-0.4, -0.2) is 34.1 Å². The molecule has 2 unspecified atom stereocenters. The average molecular weight is 270 g/mol. The van der Waals surface area contributed by atoms with Gasteiger partial charge in [0, 0.05) is 0 Å². The molecule has 4 atom stereocenters. The lowest BCUT2D eigenvalue weighted by Crippen LogP contribution is -2.43. The van der Waals surface area contributed by atoms with Gasteiger partial charge in [-0.15, -0.1) is 0 Å². The zero-order valence-electron chi connectivity index (χ0n) is 10.1. The minimum absolute atomic E-state index is 0.385. The lowest BCUT2D eigenvalue weighted by molar-refractivity contribution is -0.178. The lowest BCUT2D eigenvalue weighted by Gasteiger charge is -2.33. The highest BCUT2D eigenvalue weighted by Gasteiger charge is 2.46. The number of aliphatic carboxylic acids is 2. The van der Waals surface area contributed by atoms with Gasteiger partial charge in [-0.25, -0.2) is 0 Å². The number of carbonyl (C=O) groups is 4. The number of carboxylic acid groups (broad SMARTS) is 2. The van der Waals surface area contributed by atoms with Crippen molar-refractivity contribution >= 4 is 23.9 Å². The second-order valence-electron chi connectivity index (χ2n) is 5.00. The summed E-state index contributed by atoms with van der Waals surface area (Å²) < 4.78 is 4.61. The van der Waals surface area contributed by atoms with Crippen molar-refractivity contribution in [1.82, 2.24) is 0 Å². The van der Waals surface area contributed by atoms with Crippen LogP contribution >= 0.6 is 0 Å². The van der Waals surface area contributed by atoms with Crippen molar-refractivity contribution in [3.8, 4) is 0 Å². The van der Waals surface area contributed by atoms with Crippen molar-refractivity contribution in [3.63, 3.8) is 0 Å². The third kappa shape index (κ3) is 2.45. The topological polar surface area (TPSA) is 118 Å². The van der Waals surface area contributed by atoms with Gasteiger partial charge in [0.1, 0.15) is 0 Å². The smallest absolute Gasteiger partial charge is 0.317 e. The Bertz CT molecular complexity index is 401. The number of carboxylic acids is 2. The standard InChI is InChI=1S/C12H14O7/c13-9(14)5-1-3-7(5)11(17)19-12(18)8-4-2-6(8)10(15)16/h5-8H,1-4H2,(H,13,14)(H,15,16)/t5-,6?,7+,8?/m0/s1. The molecule has 2 aliphatic carbocycles. The monoisotopic (exact) mass is 270 g/mol. The Balaban J connectivity index is 1.88. The maximum absolute atomic E-state index is 11.6. The van der Waals surface area contributed by atoms with E-state index in [1.165, 1.54) is 0 Å². The molecule has 0 saturated heterocycles. The first-order valence-corrected chi connectivity index (χ1v) is 6.13. The highest BCUT2D eigenvalue weighted by atomic mass is 16.6. The molecular weight excluding hydrogens is 256 g/mol. The van der Waals surface area contributed by atoms with E-state index in [4.69, 9.17) is 10.2 Å². The fourth-order valence-corrected chi connectivity index (χ4v) is 2.41. The quantitative estimate of drug-likeness (QED) is 0.556. The van der Waals surface area contributed by atoms with Gasteiger partial charge in [0.2, 0.25) is 0 Å². The summed E-state index contributed by atoms with van der Waals surface area (Å²) in [6.07, 6.45) is 1.56.